The van der Waals surface area contributed by atoms with Crippen molar-refractivity contribution < 1.29 is 4.92 Å². The van der Waals surface area contributed by atoms with Crippen LogP contribution < -0.4 is 10.2 Å². The van der Waals surface area contributed by atoms with Crippen LogP contribution in [0.25, 0.3) is 0 Å². The molecule has 0 bridgehead atoms. The van der Waals surface area contributed by atoms with Gasteiger partial charge in [-0.15, -0.1) is 0 Å². The van der Waals surface area contributed by atoms with Crippen molar-refractivity contribution in [1.82, 2.24) is 19.9 Å². The molecule has 4 rings (SSSR count). The molecule has 0 atom stereocenters. The Balaban J connectivity index is 1.80. The highest BCUT2D eigenvalue weighted by molar-refractivity contribution is 9.10. The van der Waals surface area contributed by atoms with Gasteiger partial charge >= 0.3 is 5.69 Å². The largest absolute Gasteiger partial charge is 0.354 e. The zero-order valence-electron chi connectivity index (χ0n) is 16.1. The first-order chi connectivity index (χ1) is 15.1. The maximum Gasteiger partial charge on any atom is 0.354 e. The van der Waals surface area contributed by atoms with Gasteiger partial charge in [-0.25, -0.2) is 19.9 Å². The molecule has 0 spiro atoms. The second kappa shape index (κ2) is 9.26. The van der Waals surface area contributed by atoms with Gasteiger partial charge in [0.25, 0.3) is 0 Å². The predicted octanol–water partition coefficient (Wildman–Crippen LogP) is 5.02. The van der Waals surface area contributed by atoms with Crippen LogP contribution in [0.2, 0.25) is 0 Å². The van der Waals surface area contributed by atoms with Gasteiger partial charge in [0.1, 0.15) is 18.0 Å². The molecule has 0 saturated carbocycles. The van der Waals surface area contributed by atoms with Crippen molar-refractivity contribution in [2.24, 2.45) is 0 Å². The van der Waals surface area contributed by atoms with Crippen LogP contribution in [0.1, 0.15) is 5.56 Å². The molecule has 1 N–H and O–H groups in total. The van der Waals surface area contributed by atoms with Gasteiger partial charge in [0, 0.05) is 16.9 Å². The van der Waals surface area contributed by atoms with E-state index in [-0.39, 0.29) is 17.3 Å². The lowest BCUT2D eigenvalue weighted by Crippen LogP contribution is -2.21. The number of halogens is 1. The van der Waals surface area contributed by atoms with Crippen molar-refractivity contribution >= 4 is 44.9 Å². The molecule has 10 heteroatoms. The highest BCUT2D eigenvalue weighted by Gasteiger charge is 2.29. The number of benzene rings is 1. The molecule has 0 aliphatic heterocycles. The number of rotatable bonds is 7. The number of nitrogens with one attached hydrogen (secondary N) is 1. The monoisotopic (exact) mass is 477 g/mol. The maximum atomic E-state index is 12.1. The summed E-state index contributed by atoms with van der Waals surface area (Å²) in [5.74, 6) is 1.12. The SMILES string of the molecule is O=[N+]([O-])c1c(Nc2ccc(Br)cn2)ncnc1N(Cc1ccccc1)c1ccccn1. The van der Waals surface area contributed by atoms with Crippen LogP contribution in [0.4, 0.5) is 29.0 Å². The molecule has 0 saturated heterocycles. The summed E-state index contributed by atoms with van der Waals surface area (Å²) in [6, 6.07) is 18.5. The lowest BCUT2D eigenvalue weighted by molar-refractivity contribution is -0.383. The van der Waals surface area contributed by atoms with Crippen molar-refractivity contribution in [2.75, 3.05) is 10.2 Å². The average molecular weight is 478 g/mol. The van der Waals surface area contributed by atoms with Gasteiger partial charge in [-0.3, -0.25) is 10.1 Å². The van der Waals surface area contributed by atoms with Crippen molar-refractivity contribution in [3.63, 3.8) is 0 Å². The minimum atomic E-state index is -0.503. The lowest BCUT2D eigenvalue weighted by Gasteiger charge is -2.23. The van der Waals surface area contributed by atoms with Crippen LogP contribution in [-0.4, -0.2) is 24.9 Å². The number of aromatic nitrogens is 4. The summed E-state index contributed by atoms with van der Waals surface area (Å²) >= 11 is 3.32. The molecular weight excluding hydrogens is 462 g/mol. The van der Waals surface area contributed by atoms with Gasteiger partial charge in [-0.2, -0.15) is 0 Å². The fraction of sp³-hybridized carbons (Fsp3) is 0.0476. The molecule has 31 heavy (non-hydrogen) atoms. The van der Waals surface area contributed by atoms with Crippen LogP contribution in [0, 0.1) is 10.1 Å². The van der Waals surface area contributed by atoms with Crippen molar-refractivity contribution in [1.29, 1.82) is 0 Å². The minimum Gasteiger partial charge on any atom is -0.319 e. The van der Waals surface area contributed by atoms with E-state index < -0.39 is 4.92 Å². The summed E-state index contributed by atoms with van der Waals surface area (Å²) in [6.07, 6.45) is 4.50. The zero-order valence-corrected chi connectivity index (χ0v) is 17.7. The van der Waals surface area contributed by atoms with Crippen LogP contribution in [-0.2, 0) is 6.54 Å². The second-order valence-electron chi connectivity index (χ2n) is 6.40. The molecule has 3 aromatic heterocycles. The number of nitro groups is 1. The highest BCUT2D eigenvalue weighted by atomic mass is 79.9. The maximum absolute atomic E-state index is 12.1. The first-order valence-electron chi connectivity index (χ1n) is 9.22. The Morgan fingerprint density at radius 1 is 0.968 bits per heavy atom. The smallest absolute Gasteiger partial charge is 0.319 e. The summed E-state index contributed by atoms with van der Waals surface area (Å²) in [4.78, 5) is 30.2. The molecule has 0 aliphatic rings. The van der Waals surface area contributed by atoms with E-state index in [1.54, 1.807) is 41.6 Å². The molecule has 0 fully saturated rings. The lowest BCUT2D eigenvalue weighted by atomic mass is 10.2. The summed E-state index contributed by atoms with van der Waals surface area (Å²) in [5, 5.41) is 15.0. The number of nitrogens with zero attached hydrogens (tertiary/aromatic N) is 6. The summed E-state index contributed by atoms with van der Waals surface area (Å²) in [7, 11) is 0. The molecular formula is C21H16BrN7O2. The first-order valence-corrected chi connectivity index (χ1v) is 10.0. The van der Waals surface area contributed by atoms with Gasteiger partial charge in [-0.1, -0.05) is 36.4 Å². The highest BCUT2D eigenvalue weighted by Crippen LogP contribution is 2.37. The van der Waals surface area contributed by atoms with E-state index in [0.717, 1.165) is 10.0 Å². The number of hydrogen-bond donors (Lipinski definition) is 1. The standard InChI is InChI=1S/C21H16BrN7O2/c22-16-9-10-17(24-12-16)27-20-19(29(30)31)21(26-14-25-20)28(18-8-4-5-11-23-18)13-15-6-2-1-3-7-15/h1-12,14H,13H2,(H,24,25,26,27). The van der Waals surface area contributed by atoms with Crippen molar-refractivity contribution in [3.8, 4) is 0 Å². The zero-order chi connectivity index (χ0) is 21.6. The Kier molecular flexibility index (Phi) is 6.08. The van der Waals surface area contributed by atoms with Crippen LogP contribution in [0.3, 0.4) is 0 Å². The fourth-order valence-corrected chi connectivity index (χ4v) is 3.18. The molecule has 0 aliphatic carbocycles. The summed E-state index contributed by atoms with van der Waals surface area (Å²) in [5.41, 5.74) is 0.680. The molecule has 4 aromatic rings. The van der Waals surface area contributed by atoms with Gasteiger partial charge in [0.2, 0.25) is 11.6 Å². The Labute approximate surface area is 186 Å². The van der Waals surface area contributed by atoms with Crippen LogP contribution in [0.5, 0.6) is 0 Å². The first kappa shape index (κ1) is 20.4. The summed E-state index contributed by atoms with van der Waals surface area (Å²) in [6.45, 7) is 0.339. The molecule has 0 radical (unpaired) electrons. The topological polar surface area (TPSA) is 110 Å². The van der Waals surface area contributed by atoms with E-state index in [2.05, 4.69) is 41.2 Å². The Hall–Kier alpha value is -3.92. The number of anilines is 4. The third kappa shape index (κ3) is 4.81. The van der Waals surface area contributed by atoms with Crippen LogP contribution in [0.15, 0.2) is 83.9 Å². The third-order valence-electron chi connectivity index (χ3n) is 4.32. The Morgan fingerprint density at radius 2 is 1.77 bits per heavy atom. The van der Waals surface area contributed by atoms with Gasteiger partial charge < -0.3 is 10.2 Å². The van der Waals surface area contributed by atoms with E-state index in [9.17, 15) is 10.1 Å². The van der Waals surface area contributed by atoms with E-state index in [1.165, 1.54) is 6.33 Å². The van der Waals surface area contributed by atoms with Gasteiger partial charge in [0.05, 0.1) is 11.5 Å². The second-order valence-corrected chi connectivity index (χ2v) is 7.31. The van der Waals surface area contributed by atoms with Crippen molar-refractivity contribution in [2.45, 2.75) is 6.54 Å². The quantitative estimate of drug-likeness (QED) is 0.291. The van der Waals surface area contributed by atoms with E-state index in [4.69, 9.17) is 0 Å². The molecule has 9 nitrogen and oxygen atoms in total. The predicted molar refractivity (Wildman–Crippen MR) is 120 cm³/mol. The van der Waals surface area contributed by atoms with Crippen molar-refractivity contribution in [3.05, 3.63) is 99.5 Å². The molecule has 154 valence electrons. The van der Waals surface area contributed by atoms with Gasteiger partial charge in [-0.05, 0) is 45.8 Å². The summed E-state index contributed by atoms with van der Waals surface area (Å²) < 4.78 is 0.792. The molecule has 0 amide bonds. The van der Waals surface area contributed by atoms with Gasteiger partial charge in [0.15, 0.2) is 0 Å². The Morgan fingerprint density at radius 3 is 2.45 bits per heavy atom. The van der Waals surface area contributed by atoms with Crippen LogP contribution >= 0.6 is 15.9 Å². The number of hydrogen-bond acceptors (Lipinski definition) is 8. The fourth-order valence-electron chi connectivity index (χ4n) is 2.94. The number of pyridine rings is 2. The normalized spacial score (nSPS) is 10.5. The molecule has 3 heterocycles. The van der Waals surface area contributed by atoms with E-state index in [1.807, 2.05) is 36.4 Å². The van der Waals surface area contributed by atoms with E-state index >= 15 is 0 Å². The Bertz CT molecular complexity index is 1180. The van der Waals surface area contributed by atoms with E-state index in [0.29, 0.717) is 18.2 Å². The minimum absolute atomic E-state index is 0.0406. The average Bonchev–Trinajstić information content (AvgIpc) is 2.80. The third-order valence-corrected chi connectivity index (χ3v) is 4.79. The molecule has 0 unspecified atom stereocenters. The molecule has 1 aromatic carbocycles.